The fourth-order valence-corrected chi connectivity index (χ4v) is 2.97. The number of imidazole rings is 1. The van der Waals surface area contributed by atoms with Crippen LogP contribution in [0.15, 0.2) is 12.4 Å². The van der Waals surface area contributed by atoms with Crippen molar-refractivity contribution in [2.75, 3.05) is 20.6 Å². The summed E-state index contributed by atoms with van der Waals surface area (Å²) in [7, 11) is 3.76. The molecule has 1 aliphatic heterocycles. The highest BCUT2D eigenvalue weighted by Gasteiger charge is 2.26. The lowest BCUT2D eigenvalue weighted by Crippen LogP contribution is -2.34. The average molecular weight is 326 g/mol. The highest BCUT2D eigenvalue weighted by Crippen LogP contribution is 2.24. The van der Waals surface area contributed by atoms with Gasteiger partial charge in [0, 0.05) is 32.0 Å². The number of likely N-dealkylation sites (tertiary alicyclic amines) is 1. The molecule has 1 aliphatic rings. The molecule has 1 fully saturated rings. The fourth-order valence-electron chi connectivity index (χ4n) is 2.97. The van der Waals surface area contributed by atoms with Crippen molar-refractivity contribution in [1.82, 2.24) is 19.4 Å². The molecule has 0 spiro atoms. The highest BCUT2D eigenvalue weighted by molar-refractivity contribution is 5.65. The molecule has 0 bridgehead atoms. The maximum atomic E-state index is 11.2. The van der Waals surface area contributed by atoms with E-state index in [0.29, 0.717) is 6.04 Å². The maximum Gasteiger partial charge on any atom is 0.407 e. The van der Waals surface area contributed by atoms with Gasteiger partial charge in [-0.2, -0.15) is 0 Å². The zero-order valence-corrected chi connectivity index (χ0v) is 13.9. The van der Waals surface area contributed by atoms with Crippen LogP contribution in [-0.4, -0.2) is 68.8 Å². The minimum absolute atomic E-state index is 0.186. The van der Waals surface area contributed by atoms with E-state index in [0.717, 1.165) is 25.3 Å². The van der Waals surface area contributed by atoms with E-state index in [1.807, 2.05) is 13.1 Å². The van der Waals surface area contributed by atoms with Crippen LogP contribution in [-0.2, 0) is 11.3 Å². The van der Waals surface area contributed by atoms with Crippen LogP contribution >= 0.6 is 0 Å². The monoisotopic (exact) mass is 326 g/mol. The van der Waals surface area contributed by atoms with Gasteiger partial charge in [0.15, 0.2) is 0 Å². The zero-order valence-electron chi connectivity index (χ0n) is 13.9. The molecule has 8 nitrogen and oxygen atoms in total. The Morgan fingerprint density at radius 3 is 2.74 bits per heavy atom. The Morgan fingerprint density at radius 1 is 1.61 bits per heavy atom. The first-order valence-corrected chi connectivity index (χ1v) is 7.71. The summed E-state index contributed by atoms with van der Waals surface area (Å²) in [4.78, 5) is 27.7. The van der Waals surface area contributed by atoms with Gasteiger partial charge in [0.1, 0.15) is 5.82 Å². The Bertz CT molecular complexity index is 505. The summed E-state index contributed by atoms with van der Waals surface area (Å²) in [5, 5.41) is 16.1. The van der Waals surface area contributed by atoms with E-state index >= 15 is 0 Å². The smallest absolute Gasteiger partial charge is 0.407 e. The van der Waals surface area contributed by atoms with Gasteiger partial charge in [0.2, 0.25) is 0 Å². The van der Waals surface area contributed by atoms with Crippen LogP contribution in [0.3, 0.4) is 0 Å². The quantitative estimate of drug-likeness (QED) is 0.800. The van der Waals surface area contributed by atoms with Crippen LogP contribution in [0.4, 0.5) is 4.79 Å². The molecular weight excluding hydrogens is 300 g/mol. The molecule has 1 amide bonds. The first-order chi connectivity index (χ1) is 11.0. The first-order valence-electron chi connectivity index (χ1n) is 7.71. The van der Waals surface area contributed by atoms with Crippen molar-refractivity contribution in [2.24, 2.45) is 0 Å². The van der Waals surface area contributed by atoms with Crippen LogP contribution in [0, 0.1) is 0 Å². The largest absolute Gasteiger partial charge is 0.483 e. The Hall–Kier alpha value is -2.09. The lowest BCUT2D eigenvalue weighted by atomic mass is 10.1. The molecule has 23 heavy (non-hydrogen) atoms. The Labute approximate surface area is 136 Å². The van der Waals surface area contributed by atoms with E-state index in [1.165, 1.54) is 17.7 Å². The highest BCUT2D eigenvalue weighted by atomic mass is 16.4. The second-order valence-corrected chi connectivity index (χ2v) is 5.64. The van der Waals surface area contributed by atoms with Crippen molar-refractivity contribution in [2.45, 2.75) is 44.8 Å². The number of nitrogens with zero attached hydrogens (tertiary/aromatic N) is 4. The minimum Gasteiger partial charge on any atom is -0.483 e. The molecule has 0 aliphatic carbocycles. The van der Waals surface area contributed by atoms with Gasteiger partial charge in [0.05, 0.1) is 6.04 Å². The summed E-state index contributed by atoms with van der Waals surface area (Å²) < 4.78 is 2.11. The third kappa shape index (κ3) is 4.95. The number of carbonyl (C=O) groups is 2. The van der Waals surface area contributed by atoms with Gasteiger partial charge in [-0.3, -0.25) is 4.79 Å². The molecule has 2 rings (SSSR count). The molecule has 2 atom stereocenters. The van der Waals surface area contributed by atoms with Crippen LogP contribution < -0.4 is 0 Å². The van der Waals surface area contributed by atoms with Crippen molar-refractivity contribution in [3.63, 3.8) is 0 Å². The number of likely N-dealkylation sites (N-methyl/N-ethyl adjacent to an activating group) is 1. The van der Waals surface area contributed by atoms with Crippen molar-refractivity contribution >= 4 is 12.6 Å². The summed E-state index contributed by atoms with van der Waals surface area (Å²) in [6, 6.07) is 0.338. The molecule has 130 valence electrons. The molecule has 0 radical (unpaired) electrons. The van der Waals surface area contributed by atoms with Crippen LogP contribution in [0.2, 0.25) is 0 Å². The Kier molecular flexibility index (Phi) is 7.53. The third-order valence-electron chi connectivity index (χ3n) is 4.28. The van der Waals surface area contributed by atoms with Crippen molar-refractivity contribution in [1.29, 1.82) is 0 Å². The van der Waals surface area contributed by atoms with Crippen LogP contribution in [0.25, 0.3) is 0 Å². The zero-order chi connectivity index (χ0) is 17.4. The molecule has 1 aromatic heterocycles. The van der Waals surface area contributed by atoms with Gasteiger partial charge in [-0.05, 0) is 32.9 Å². The van der Waals surface area contributed by atoms with Crippen molar-refractivity contribution < 1.29 is 19.8 Å². The lowest BCUT2D eigenvalue weighted by molar-refractivity contribution is -0.122. The summed E-state index contributed by atoms with van der Waals surface area (Å²) in [5.41, 5.74) is 0. The fraction of sp³-hybridized carbons (Fsp3) is 0.667. The topological polar surface area (TPSA) is 98.9 Å². The van der Waals surface area contributed by atoms with Crippen molar-refractivity contribution in [3.8, 4) is 0 Å². The maximum absolute atomic E-state index is 11.2. The van der Waals surface area contributed by atoms with Crippen LogP contribution in [0.5, 0.6) is 0 Å². The summed E-state index contributed by atoms with van der Waals surface area (Å²) in [5.74, 6) is 0.845. The Morgan fingerprint density at radius 2 is 2.26 bits per heavy atom. The van der Waals surface area contributed by atoms with Crippen molar-refractivity contribution in [3.05, 3.63) is 18.2 Å². The van der Waals surface area contributed by atoms with E-state index in [4.69, 9.17) is 9.90 Å². The number of hydrogen-bond acceptors (Lipinski definition) is 4. The number of rotatable bonds is 5. The molecule has 0 aromatic carbocycles. The number of amides is 1. The SMILES string of the molecule is CCC(c1nccn1C[C@@H]1CCCN1C)N(C)C(=O)O.O=CO. The van der Waals surface area contributed by atoms with Crippen LogP contribution in [0.1, 0.15) is 38.1 Å². The lowest BCUT2D eigenvalue weighted by Gasteiger charge is -2.27. The van der Waals surface area contributed by atoms with Gasteiger partial charge in [-0.25, -0.2) is 9.78 Å². The molecule has 2 heterocycles. The summed E-state index contributed by atoms with van der Waals surface area (Å²) in [6.45, 7) is 3.77. The molecule has 2 N–H and O–H groups in total. The van der Waals surface area contributed by atoms with E-state index in [1.54, 1.807) is 13.2 Å². The number of carboxylic acid groups (broad SMARTS) is 2. The van der Waals surface area contributed by atoms with E-state index in [9.17, 15) is 9.90 Å². The third-order valence-corrected chi connectivity index (χ3v) is 4.28. The molecule has 1 unspecified atom stereocenters. The molecule has 1 saturated heterocycles. The number of aromatic nitrogens is 2. The average Bonchev–Trinajstić information content (AvgIpc) is 3.11. The van der Waals surface area contributed by atoms with Gasteiger partial charge in [-0.15, -0.1) is 0 Å². The standard InChI is InChI=1S/C14H24N4O2.CH2O2/c1-4-12(17(3)14(19)20)13-15-7-9-18(13)10-11-6-5-8-16(11)2;2-1-3/h7,9,11-12H,4-6,8,10H2,1-3H3,(H,19,20);1H,(H,2,3)/t11-,12?;/m0./s1. The predicted molar refractivity (Wildman–Crippen MR) is 85.4 cm³/mol. The van der Waals surface area contributed by atoms with E-state index < -0.39 is 6.09 Å². The second kappa shape index (κ2) is 9.14. The molecular formula is C15H26N4O4. The second-order valence-electron chi connectivity index (χ2n) is 5.64. The normalized spacial score (nSPS) is 18.8. The van der Waals surface area contributed by atoms with E-state index in [2.05, 4.69) is 21.5 Å². The summed E-state index contributed by atoms with van der Waals surface area (Å²) >= 11 is 0. The first kappa shape index (κ1) is 19.0. The molecule has 8 heteroatoms. The molecule has 0 saturated carbocycles. The number of hydrogen-bond donors (Lipinski definition) is 2. The van der Waals surface area contributed by atoms with Gasteiger partial charge >= 0.3 is 6.09 Å². The Balaban J connectivity index is 0.000000816. The van der Waals surface area contributed by atoms with Gasteiger partial charge in [-0.1, -0.05) is 6.92 Å². The minimum atomic E-state index is -0.913. The predicted octanol–water partition coefficient (Wildman–Crippen LogP) is 1.74. The molecule has 1 aromatic rings. The summed E-state index contributed by atoms with van der Waals surface area (Å²) in [6.07, 6.45) is 5.96. The van der Waals surface area contributed by atoms with Gasteiger partial charge < -0.3 is 24.6 Å². The van der Waals surface area contributed by atoms with Gasteiger partial charge in [0.25, 0.3) is 6.47 Å². The van der Waals surface area contributed by atoms with E-state index in [-0.39, 0.29) is 12.5 Å².